The van der Waals surface area contributed by atoms with E-state index in [1.54, 1.807) is 25.2 Å². The van der Waals surface area contributed by atoms with Gasteiger partial charge in [-0.3, -0.25) is 9.69 Å². The van der Waals surface area contributed by atoms with Gasteiger partial charge in [0.2, 0.25) is 0 Å². The summed E-state index contributed by atoms with van der Waals surface area (Å²) in [6.07, 6.45) is 1.60. The van der Waals surface area contributed by atoms with Crippen LogP contribution >= 0.6 is 0 Å². The predicted octanol–water partition coefficient (Wildman–Crippen LogP) is 9.17. The van der Waals surface area contributed by atoms with E-state index in [1.807, 2.05) is 68.1 Å². The predicted molar refractivity (Wildman–Crippen MR) is 185 cm³/mol. The minimum Gasteiger partial charge on any atom is -0.444 e. The number of rotatable bonds is 9. The monoisotopic (exact) mass is 646 g/mol. The molecule has 0 spiro atoms. The van der Waals surface area contributed by atoms with Crippen molar-refractivity contribution >= 4 is 20.3 Å². The zero-order valence-electron chi connectivity index (χ0n) is 29.0. The van der Waals surface area contributed by atoms with E-state index in [4.69, 9.17) is 9.16 Å². The average molecular weight is 647 g/mol. The highest BCUT2D eigenvalue weighted by Crippen LogP contribution is 2.44. The van der Waals surface area contributed by atoms with Gasteiger partial charge in [-0.15, -0.1) is 0 Å². The van der Waals surface area contributed by atoms with Gasteiger partial charge in [0.25, 0.3) is 5.91 Å². The van der Waals surface area contributed by atoms with Gasteiger partial charge in [-0.1, -0.05) is 81.4 Å². The highest BCUT2D eigenvalue weighted by atomic mass is 28.4. The third-order valence-electron chi connectivity index (χ3n) is 9.24. The summed E-state index contributed by atoms with van der Waals surface area (Å²) in [6, 6.07) is 24.0. The Bertz CT molecular complexity index is 1480. The molecule has 1 aliphatic rings. The van der Waals surface area contributed by atoms with Gasteiger partial charge in [-0.25, -0.2) is 9.18 Å². The molecule has 0 aliphatic carbocycles. The van der Waals surface area contributed by atoms with Gasteiger partial charge in [0, 0.05) is 30.8 Å². The lowest BCUT2D eigenvalue weighted by Crippen LogP contribution is -2.50. The fraction of sp³-hybridized carbons (Fsp3) is 0.474. The first-order chi connectivity index (χ1) is 21.5. The third-order valence-corrected chi connectivity index (χ3v) is 13.7. The summed E-state index contributed by atoms with van der Waals surface area (Å²) in [5.74, 6) is -0.509. The maximum Gasteiger partial charge on any atom is 0.410 e. The Kier molecular flexibility index (Phi) is 10.8. The van der Waals surface area contributed by atoms with Crippen molar-refractivity contribution < 1.29 is 23.1 Å². The number of hydrogen-bond acceptors (Lipinski definition) is 4. The number of carbonyl (C=O) groups is 2. The molecule has 3 atom stereocenters. The van der Waals surface area contributed by atoms with Gasteiger partial charge in [-0.05, 0) is 87.5 Å². The summed E-state index contributed by atoms with van der Waals surface area (Å²) in [4.78, 5) is 30.5. The molecule has 1 aliphatic heterocycles. The molecule has 6 nitrogen and oxygen atoms in total. The molecule has 0 N–H and O–H groups in total. The van der Waals surface area contributed by atoms with E-state index in [2.05, 4.69) is 46.0 Å². The summed E-state index contributed by atoms with van der Waals surface area (Å²) in [5.41, 5.74) is 2.44. The Morgan fingerprint density at radius 2 is 1.52 bits per heavy atom. The number of benzene rings is 3. The summed E-state index contributed by atoms with van der Waals surface area (Å²) in [5, 5.41) is -0.00269. The van der Waals surface area contributed by atoms with Crippen molar-refractivity contribution in [1.82, 2.24) is 9.80 Å². The molecule has 0 aromatic heterocycles. The molecule has 0 radical (unpaired) electrons. The number of amides is 2. The third kappa shape index (κ3) is 8.65. The lowest BCUT2D eigenvalue weighted by molar-refractivity contribution is -0.00239. The van der Waals surface area contributed by atoms with Crippen molar-refractivity contribution in [2.45, 2.75) is 109 Å². The maximum atomic E-state index is 14.2. The van der Waals surface area contributed by atoms with Crippen molar-refractivity contribution in [3.05, 3.63) is 107 Å². The Hall–Kier alpha value is -3.49. The number of hydrogen-bond donors (Lipinski definition) is 0. The minimum absolute atomic E-state index is 0.00269. The topological polar surface area (TPSA) is 59.1 Å². The molecule has 3 aromatic rings. The second kappa shape index (κ2) is 14.1. The van der Waals surface area contributed by atoms with Gasteiger partial charge in [0.1, 0.15) is 11.4 Å². The van der Waals surface area contributed by atoms with Crippen LogP contribution in [0.5, 0.6) is 0 Å². The molecule has 46 heavy (non-hydrogen) atoms. The summed E-state index contributed by atoms with van der Waals surface area (Å²) in [7, 11) is -0.540. The van der Waals surface area contributed by atoms with E-state index in [0.717, 1.165) is 24.0 Å². The lowest BCUT2D eigenvalue weighted by atomic mass is 10.0. The zero-order valence-corrected chi connectivity index (χ0v) is 30.0. The molecule has 1 saturated heterocycles. The smallest absolute Gasteiger partial charge is 0.410 e. The molecule has 4 rings (SSSR count). The lowest BCUT2D eigenvalue weighted by Gasteiger charge is -2.43. The van der Waals surface area contributed by atoms with Crippen LogP contribution in [0, 0.1) is 5.82 Å². The van der Waals surface area contributed by atoms with E-state index in [0.29, 0.717) is 17.5 Å². The second-order valence-corrected chi connectivity index (χ2v) is 19.8. The van der Waals surface area contributed by atoms with Crippen LogP contribution in [0.3, 0.4) is 0 Å². The van der Waals surface area contributed by atoms with Crippen molar-refractivity contribution in [2.24, 2.45) is 0 Å². The highest BCUT2D eigenvalue weighted by Gasteiger charge is 2.47. The van der Waals surface area contributed by atoms with Crippen LogP contribution in [-0.4, -0.2) is 54.9 Å². The van der Waals surface area contributed by atoms with Crippen LogP contribution in [-0.2, 0) is 22.1 Å². The van der Waals surface area contributed by atoms with Crippen LogP contribution in [0.2, 0.25) is 18.1 Å². The van der Waals surface area contributed by atoms with Crippen LogP contribution in [0.15, 0.2) is 78.9 Å². The molecule has 8 heteroatoms. The Balaban J connectivity index is 1.58. The second-order valence-electron chi connectivity index (χ2n) is 15.0. The fourth-order valence-electron chi connectivity index (χ4n) is 5.74. The molecule has 0 bridgehead atoms. The van der Waals surface area contributed by atoms with Gasteiger partial charge in [0.15, 0.2) is 8.32 Å². The molecular formula is C38H51FN2O4Si. The Morgan fingerprint density at radius 1 is 0.913 bits per heavy atom. The van der Waals surface area contributed by atoms with E-state index in [9.17, 15) is 14.0 Å². The van der Waals surface area contributed by atoms with Gasteiger partial charge in [-0.2, -0.15) is 0 Å². The van der Waals surface area contributed by atoms with Crippen molar-refractivity contribution in [3.63, 3.8) is 0 Å². The molecule has 248 valence electrons. The molecule has 3 aromatic carbocycles. The number of carbonyl (C=O) groups excluding carboxylic acids is 2. The van der Waals surface area contributed by atoms with Crippen LogP contribution in [0.4, 0.5) is 9.18 Å². The first-order valence-corrected chi connectivity index (χ1v) is 19.2. The largest absolute Gasteiger partial charge is 0.444 e. The Labute approximate surface area is 276 Å². The van der Waals surface area contributed by atoms with Gasteiger partial charge in [0.05, 0.1) is 12.1 Å². The molecular weight excluding hydrogens is 596 g/mol. The summed E-state index contributed by atoms with van der Waals surface area (Å²) in [6.45, 7) is 17.1. The molecule has 2 amide bonds. The van der Waals surface area contributed by atoms with Crippen molar-refractivity contribution in [2.75, 3.05) is 7.05 Å². The fourth-order valence-corrected chi connectivity index (χ4v) is 7.03. The van der Waals surface area contributed by atoms with Crippen molar-refractivity contribution in [1.29, 1.82) is 0 Å². The number of ether oxygens (including phenoxy) is 1. The first-order valence-electron chi connectivity index (χ1n) is 16.3. The maximum absolute atomic E-state index is 14.2. The SMILES string of the molecule is CN(Cc1ccccc1F)C(=O)c1ccc(C[C@@H]2CC[C@H]([C@H](O[Si](C)(C)C(C)(C)C)c3ccccc3)N2C(=O)OC(C)(C)C)cc1. The normalized spacial score (nSPS) is 17.9. The first kappa shape index (κ1) is 35.4. The molecule has 1 fully saturated rings. The van der Waals surface area contributed by atoms with Crippen LogP contribution < -0.4 is 0 Å². The van der Waals surface area contributed by atoms with Gasteiger partial charge >= 0.3 is 6.09 Å². The highest BCUT2D eigenvalue weighted by molar-refractivity contribution is 6.74. The Morgan fingerprint density at radius 3 is 2.11 bits per heavy atom. The van der Waals surface area contributed by atoms with Gasteiger partial charge < -0.3 is 14.1 Å². The zero-order chi connectivity index (χ0) is 33.9. The number of halogens is 1. The standard InChI is InChI=1S/C38H51FN2O4Si/c1-37(2,3)44-36(43)41-31(23-24-33(41)34(28-15-11-10-12-16-28)45-46(8,9)38(4,5)6)25-27-19-21-29(22-20-27)35(42)40(7)26-30-17-13-14-18-32(30)39/h10-22,31,33-34H,23-26H2,1-9H3/t31-,33+,34+/m0/s1. The summed E-state index contributed by atoms with van der Waals surface area (Å²) < 4.78 is 27.3. The quantitative estimate of drug-likeness (QED) is 0.218. The summed E-state index contributed by atoms with van der Waals surface area (Å²) >= 11 is 0. The number of likely N-dealkylation sites (tertiary alicyclic amines) is 1. The van der Waals surface area contributed by atoms with Crippen LogP contribution in [0.1, 0.15) is 87.5 Å². The van der Waals surface area contributed by atoms with E-state index in [1.165, 1.54) is 11.0 Å². The molecule has 0 unspecified atom stereocenters. The van der Waals surface area contributed by atoms with Crippen LogP contribution in [0.25, 0.3) is 0 Å². The van der Waals surface area contributed by atoms with E-state index in [-0.39, 0.29) is 47.6 Å². The van der Waals surface area contributed by atoms with Crippen molar-refractivity contribution in [3.8, 4) is 0 Å². The van der Waals surface area contributed by atoms with E-state index < -0.39 is 13.9 Å². The number of nitrogens with zero attached hydrogens (tertiary/aromatic N) is 2. The average Bonchev–Trinajstić information content (AvgIpc) is 3.39. The molecule has 1 heterocycles. The minimum atomic E-state index is -2.22. The van der Waals surface area contributed by atoms with E-state index >= 15 is 0 Å². The molecule has 0 saturated carbocycles.